The first-order chi connectivity index (χ1) is 10.3. The Morgan fingerprint density at radius 3 is 2.52 bits per heavy atom. The quantitative estimate of drug-likeness (QED) is 0.777. The summed E-state index contributed by atoms with van der Waals surface area (Å²) in [4.78, 5) is 4.03. The van der Waals surface area contributed by atoms with Gasteiger partial charge in [0.05, 0.1) is 6.33 Å². The Labute approximate surface area is 123 Å². The number of imidazole rings is 1. The number of rotatable bonds is 5. The average molecular weight is 281 g/mol. The van der Waals surface area contributed by atoms with Gasteiger partial charge in [-0.1, -0.05) is 24.3 Å². The molecule has 0 aliphatic rings. The first-order valence-corrected chi connectivity index (χ1v) is 6.84. The Hall–Kier alpha value is -2.46. The molecule has 0 saturated heterocycles. The monoisotopic (exact) mass is 281 g/mol. The van der Waals surface area contributed by atoms with E-state index in [1.165, 1.54) is 11.6 Å². The number of benzene rings is 2. The van der Waals surface area contributed by atoms with Crippen molar-refractivity contribution in [3.8, 4) is 5.69 Å². The van der Waals surface area contributed by atoms with Crippen LogP contribution in [0, 0.1) is 5.82 Å². The van der Waals surface area contributed by atoms with Crippen molar-refractivity contribution in [3.05, 3.63) is 84.2 Å². The minimum absolute atomic E-state index is 0.195. The van der Waals surface area contributed by atoms with E-state index in [-0.39, 0.29) is 5.82 Å². The van der Waals surface area contributed by atoms with Crippen LogP contribution < -0.4 is 5.32 Å². The zero-order chi connectivity index (χ0) is 14.5. The van der Waals surface area contributed by atoms with Crippen LogP contribution in [0.1, 0.15) is 11.1 Å². The maximum absolute atomic E-state index is 13.1. The third kappa shape index (κ3) is 3.55. The van der Waals surface area contributed by atoms with Gasteiger partial charge in [-0.3, -0.25) is 0 Å². The summed E-state index contributed by atoms with van der Waals surface area (Å²) >= 11 is 0. The molecule has 0 bridgehead atoms. The van der Waals surface area contributed by atoms with Crippen LogP contribution in [0.25, 0.3) is 5.69 Å². The normalized spacial score (nSPS) is 10.7. The predicted octanol–water partition coefficient (Wildman–Crippen LogP) is 3.30. The first kappa shape index (κ1) is 13.5. The standard InChI is InChI=1S/C17H16FN3/c18-16-3-1-2-15(10-16)12-20-11-14-4-6-17(7-5-14)21-9-8-19-13-21/h1-10,13,20H,11-12H2. The molecule has 3 rings (SSSR count). The lowest BCUT2D eigenvalue weighted by molar-refractivity contribution is 0.620. The fourth-order valence-electron chi connectivity index (χ4n) is 2.20. The number of halogens is 1. The van der Waals surface area contributed by atoms with Gasteiger partial charge in [0.15, 0.2) is 0 Å². The smallest absolute Gasteiger partial charge is 0.123 e. The van der Waals surface area contributed by atoms with Crippen molar-refractivity contribution in [3.63, 3.8) is 0 Å². The third-order valence-electron chi connectivity index (χ3n) is 3.29. The first-order valence-electron chi connectivity index (χ1n) is 6.84. The highest BCUT2D eigenvalue weighted by Gasteiger charge is 1.98. The highest BCUT2D eigenvalue weighted by molar-refractivity contribution is 5.34. The van der Waals surface area contributed by atoms with Gasteiger partial charge in [-0.25, -0.2) is 9.37 Å². The van der Waals surface area contributed by atoms with Crippen molar-refractivity contribution in [1.82, 2.24) is 14.9 Å². The molecule has 1 heterocycles. The SMILES string of the molecule is Fc1cccc(CNCc2ccc(-n3ccnc3)cc2)c1. The van der Waals surface area contributed by atoms with Crippen LogP contribution >= 0.6 is 0 Å². The molecular formula is C17H16FN3. The lowest BCUT2D eigenvalue weighted by Crippen LogP contribution is -2.12. The molecular weight excluding hydrogens is 265 g/mol. The largest absolute Gasteiger partial charge is 0.309 e. The molecule has 0 atom stereocenters. The topological polar surface area (TPSA) is 29.9 Å². The summed E-state index contributed by atoms with van der Waals surface area (Å²) in [5.41, 5.74) is 3.22. The predicted molar refractivity (Wildman–Crippen MR) is 80.5 cm³/mol. The second kappa shape index (κ2) is 6.33. The highest BCUT2D eigenvalue weighted by Crippen LogP contribution is 2.09. The van der Waals surface area contributed by atoms with E-state index in [0.29, 0.717) is 6.54 Å². The van der Waals surface area contributed by atoms with Crippen LogP contribution in [0.4, 0.5) is 4.39 Å². The summed E-state index contributed by atoms with van der Waals surface area (Å²) in [6.07, 6.45) is 5.45. The van der Waals surface area contributed by atoms with Crippen LogP contribution in [0.5, 0.6) is 0 Å². The van der Waals surface area contributed by atoms with Gasteiger partial charge in [0.2, 0.25) is 0 Å². The van der Waals surface area contributed by atoms with Gasteiger partial charge in [-0.2, -0.15) is 0 Å². The Bertz CT molecular complexity index is 690. The van der Waals surface area contributed by atoms with Crippen molar-refractivity contribution < 1.29 is 4.39 Å². The summed E-state index contributed by atoms with van der Waals surface area (Å²) < 4.78 is 15.0. The van der Waals surface area contributed by atoms with Gasteiger partial charge in [0, 0.05) is 31.2 Å². The minimum atomic E-state index is -0.195. The van der Waals surface area contributed by atoms with Crippen molar-refractivity contribution in [1.29, 1.82) is 0 Å². The average Bonchev–Trinajstić information content (AvgIpc) is 3.02. The Morgan fingerprint density at radius 2 is 1.81 bits per heavy atom. The number of hydrogen-bond acceptors (Lipinski definition) is 2. The molecule has 0 aliphatic carbocycles. The van der Waals surface area contributed by atoms with Crippen LogP contribution in [-0.4, -0.2) is 9.55 Å². The van der Waals surface area contributed by atoms with E-state index in [0.717, 1.165) is 17.8 Å². The molecule has 0 unspecified atom stereocenters. The zero-order valence-electron chi connectivity index (χ0n) is 11.5. The van der Waals surface area contributed by atoms with Gasteiger partial charge in [-0.15, -0.1) is 0 Å². The fourth-order valence-corrected chi connectivity index (χ4v) is 2.20. The maximum atomic E-state index is 13.1. The summed E-state index contributed by atoms with van der Waals surface area (Å²) in [6, 6.07) is 14.9. The van der Waals surface area contributed by atoms with Crippen LogP contribution in [0.15, 0.2) is 67.3 Å². The Morgan fingerprint density at radius 1 is 1.00 bits per heavy atom. The molecule has 3 nitrogen and oxygen atoms in total. The molecule has 106 valence electrons. The molecule has 3 aromatic rings. The number of nitrogens with zero attached hydrogens (tertiary/aromatic N) is 2. The molecule has 0 aliphatic heterocycles. The van der Waals surface area contributed by atoms with Gasteiger partial charge < -0.3 is 9.88 Å². The number of aromatic nitrogens is 2. The van der Waals surface area contributed by atoms with E-state index in [9.17, 15) is 4.39 Å². The van der Waals surface area contributed by atoms with Crippen molar-refractivity contribution in [2.24, 2.45) is 0 Å². The summed E-state index contributed by atoms with van der Waals surface area (Å²) in [7, 11) is 0. The second-order valence-corrected chi connectivity index (χ2v) is 4.87. The van der Waals surface area contributed by atoms with Crippen LogP contribution in [0.2, 0.25) is 0 Å². The molecule has 4 heteroatoms. The summed E-state index contributed by atoms with van der Waals surface area (Å²) in [5, 5.41) is 3.31. The van der Waals surface area contributed by atoms with Crippen LogP contribution in [0.3, 0.4) is 0 Å². The van der Waals surface area contributed by atoms with E-state index in [1.807, 2.05) is 16.8 Å². The maximum Gasteiger partial charge on any atom is 0.123 e. The van der Waals surface area contributed by atoms with Crippen LogP contribution in [-0.2, 0) is 13.1 Å². The summed E-state index contributed by atoms with van der Waals surface area (Å²) in [5.74, 6) is -0.195. The van der Waals surface area contributed by atoms with Gasteiger partial charge in [0.1, 0.15) is 5.82 Å². The van der Waals surface area contributed by atoms with Gasteiger partial charge in [-0.05, 0) is 35.4 Å². The lowest BCUT2D eigenvalue weighted by atomic mass is 10.2. The van der Waals surface area contributed by atoms with E-state index < -0.39 is 0 Å². The third-order valence-corrected chi connectivity index (χ3v) is 3.29. The molecule has 1 N–H and O–H groups in total. The van der Waals surface area contributed by atoms with E-state index in [2.05, 4.69) is 34.6 Å². The van der Waals surface area contributed by atoms with Crippen molar-refractivity contribution in [2.45, 2.75) is 13.1 Å². The zero-order valence-corrected chi connectivity index (χ0v) is 11.5. The molecule has 0 saturated carbocycles. The molecule has 0 spiro atoms. The molecule has 0 amide bonds. The fraction of sp³-hybridized carbons (Fsp3) is 0.118. The Kier molecular flexibility index (Phi) is 4.07. The number of hydrogen-bond donors (Lipinski definition) is 1. The van der Waals surface area contributed by atoms with E-state index in [1.54, 1.807) is 24.7 Å². The van der Waals surface area contributed by atoms with E-state index >= 15 is 0 Å². The van der Waals surface area contributed by atoms with Gasteiger partial charge >= 0.3 is 0 Å². The van der Waals surface area contributed by atoms with Crippen molar-refractivity contribution in [2.75, 3.05) is 0 Å². The molecule has 2 aromatic carbocycles. The molecule has 0 radical (unpaired) electrons. The lowest BCUT2D eigenvalue weighted by Gasteiger charge is -2.07. The van der Waals surface area contributed by atoms with Crippen molar-refractivity contribution >= 4 is 0 Å². The second-order valence-electron chi connectivity index (χ2n) is 4.87. The molecule has 1 aromatic heterocycles. The molecule has 0 fully saturated rings. The van der Waals surface area contributed by atoms with Gasteiger partial charge in [0.25, 0.3) is 0 Å². The highest BCUT2D eigenvalue weighted by atomic mass is 19.1. The Balaban J connectivity index is 1.56. The summed E-state index contributed by atoms with van der Waals surface area (Å²) in [6.45, 7) is 1.40. The van der Waals surface area contributed by atoms with E-state index in [4.69, 9.17) is 0 Å². The number of nitrogens with one attached hydrogen (secondary N) is 1. The molecule has 21 heavy (non-hydrogen) atoms. The minimum Gasteiger partial charge on any atom is -0.309 e.